The molecule has 2 rings (SSSR count). The zero-order chi connectivity index (χ0) is 50.3. The molecule has 0 radical (unpaired) electrons. The number of aliphatic hydroxyl groups excluding tert-OH is 8. The monoisotopic (exact) mass is 990 g/mol. The first kappa shape index (κ1) is 64.1. The predicted octanol–water partition coefficient (Wildman–Crippen LogP) is 8.95. The Balaban J connectivity index is 1.77. The van der Waals surface area contributed by atoms with Crippen molar-refractivity contribution in [3.63, 3.8) is 0 Å². The second-order valence-electron chi connectivity index (χ2n) is 20.8. The SMILES string of the molecule is CCCCCCCCCCCCCCCCCCCCCC(O)C(COC1OC(CO)C(OC2OC(CO)C(O)C(O)C2O)C(O)C1O)NC(=O)CCCCCCCCCCCCCCCCCC. The van der Waals surface area contributed by atoms with Crippen molar-refractivity contribution < 1.29 is 64.6 Å². The first-order valence-corrected chi connectivity index (χ1v) is 28.8. The normalized spacial score (nSPS) is 26.1. The molecule has 0 saturated carbocycles. The Hall–Kier alpha value is -1.01. The number of carbonyl (C=O) groups excluding carboxylic acids is 1. The molecular formula is C55H107NO13. The van der Waals surface area contributed by atoms with Gasteiger partial charge in [0.15, 0.2) is 12.6 Å². The van der Waals surface area contributed by atoms with Crippen molar-refractivity contribution in [1.82, 2.24) is 5.32 Å². The average Bonchev–Trinajstić information content (AvgIpc) is 3.35. The Bertz CT molecular complexity index is 1170. The molecule has 0 aromatic heterocycles. The molecule has 2 fully saturated rings. The third-order valence-electron chi connectivity index (χ3n) is 14.6. The Morgan fingerprint density at radius 1 is 0.464 bits per heavy atom. The highest BCUT2D eigenvalue weighted by Crippen LogP contribution is 2.30. The maximum atomic E-state index is 13.2. The van der Waals surface area contributed by atoms with Gasteiger partial charge in [-0.05, 0) is 12.8 Å². The van der Waals surface area contributed by atoms with Crippen molar-refractivity contribution >= 4 is 5.91 Å². The van der Waals surface area contributed by atoms with Crippen molar-refractivity contribution in [2.45, 2.75) is 325 Å². The summed E-state index contributed by atoms with van der Waals surface area (Å²) in [6, 6.07) is -0.822. The Kier molecular flexibility index (Phi) is 39.4. The van der Waals surface area contributed by atoms with Crippen LogP contribution in [0.3, 0.4) is 0 Å². The van der Waals surface area contributed by atoms with Gasteiger partial charge in [-0.15, -0.1) is 0 Å². The minimum Gasteiger partial charge on any atom is -0.394 e. The summed E-state index contributed by atoms with van der Waals surface area (Å²) in [7, 11) is 0. The lowest BCUT2D eigenvalue weighted by Gasteiger charge is -2.46. The van der Waals surface area contributed by atoms with E-state index in [4.69, 9.17) is 18.9 Å². The van der Waals surface area contributed by atoms with E-state index in [1.54, 1.807) is 0 Å². The van der Waals surface area contributed by atoms with Gasteiger partial charge in [0.1, 0.15) is 48.8 Å². The molecule has 12 atom stereocenters. The van der Waals surface area contributed by atoms with Crippen LogP contribution >= 0.6 is 0 Å². The topological polar surface area (TPSA) is 228 Å². The molecular weight excluding hydrogens is 883 g/mol. The van der Waals surface area contributed by atoms with Crippen LogP contribution in [0.5, 0.6) is 0 Å². The van der Waals surface area contributed by atoms with Crippen molar-refractivity contribution in [2.24, 2.45) is 0 Å². The molecule has 2 saturated heterocycles. The van der Waals surface area contributed by atoms with Crippen LogP contribution < -0.4 is 5.32 Å². The lowest BCUT2D eigenvalue weighted by molar-refractivity contribution is -0.359. The zero-order valence-corrected chi connectivity index (χ0v) is 43.8. The molecule has 2 aliphatic rings. The van der Waals surface area contributed by atoms with E-state index in [1.165, 1.54) is 173 Å². The third kappa shape index (κ3) is 28.9. The third-order valence-corrected chi connectivity index (χ3v) is 14.6. The fraction of sp³-hybridized carbons (Fsp3) is 0.982. The van der Waals surface area contributed by atoms with Crippen molar-refractivity contribution in [3.05, 3.63) is 0 Å². The van der Waals surface area contributed by atoms with E-state index in [0.29, 0.717) is 12.8 Å². The number of nitrogens with one attached hydrogen (secondary N) is 1. The fourth-order valence-electron chi connectivity index (χ4n) is 9.89. The van der Waals surface area contributed by atoms with Gasteiger partial charge in [0.2, 0.25) is 5.91 Å². The van der Waals surface area contributed by atoms with Gasteiger partial charge in [-0.2, -0.15) is 0 Å². The number of rotatable bonds is 46. The van der Waals surface area contributed by atoms with Crippen LogP contribution in [-0.2, 0) is 23.7 Å². The number of carbonyl (C=O) groups is 1. The average molecular weight is 990 g/mol. The predicted molar refractivity (Wildman–Crippen MR) is 272 cm³/mol. The summed E-state index contributed by atoms with van der Waals surface area (Å²) < 4.78 is 22.8. The van der Waals surface area contributed by atoms with Crippen LogP contribution in [0.2, 0.25) is 0 Å². The molecule has 0 bridgehead atoms. The van der Waals surface area contributed by atoms with Crippen LogP contribution in [0.4, 0.5) is 0 Å². The fourth-order valence-corrected chi connectivity index (χ4v) is 9.89. The second-order valence-corrected chi connectivity index (χ2v) is 20.8. The maximum Gasteiger partial charge on any atom is 0.220 e. The van der Waals surface area contributed by atoms with Crippen molar-refractivity contribution in [1.29, 1.82) is 0 Å². The summed E-state index contributed by atoms with van der Waals surface area (Å²) in [4.78, 5) is 13.2. The summed E-state index contributed by atoms with van der Waals surface area (Å²) in [6.45, 7) is 2.89. The molecule has 0 aliphatic carbocycles. The zero-order valence-electron chi connectivity index (χ0n) is 43.8. The number of hydrogen-bond acceptors (Lipinski definition) is 13. The van der Waals surface area contributed by atoms with Gasteiger partial charge in [0.25, 0.3) is 0 Å². The highest BCUT2D eigenvalue weighted by atomic mass is 16.7. The van der Waals surface area contributed by atoms with E-state index >= 15 is 0 Å². The van der Waals surface area contributed by atoms with Crippen LogP contribution in [-0.4, -0.2) is 140 Å². The van der Waals surface area contributed by atoms with Crippen LogP contribution in [0, 0.1) is 0 Å². The van der Waals surface area contributed by atoms with Crippen LogP contribution in [0.1, 0.15) is 251 Å². The van der Waals surface area contributed by atoms with E-state index in [-0.39, 0.29) is 12.5 Å². The number of hydrogen-bond donors (Lipinski definition) is 9. The highest BCUT2D eigenvalue weighted by molar-refractivity contribution is 5.76. The molecule has 14 heteroatoms. The molecule has 2 aliphatic heterocycles. The summed E-state index contributed by atoms with van der Waals surface area (Å²) >= 11 is 0. The maximum absolute atomic E-state index is 13.2. The van der Waals surface area contributed by atoms with E-state index in [9.17, 15) is 45.6 Å². The van der Waals surface area contributed by atoms with Gasteiger partial charge in [-0.1, -0.05) is 232 Å². The van der Waals surface area contributed by atoms with Gasteiger partial charge in [-0.3, -0.25) is 4.79 Å². The molecule has 9 N–H and O–H groups in total. The number of aliphatic hydroxyl groups is 8. The molecule has 410 valence electrons. The molecule has 2 heterocycles. The largest absolute Gasteiger partial charge is 0.394 e. The molecule has 0 aromatic rings. The van der Waals surface area contributed by atoms with Crippen molar-refractivity contribution in [2.75, 3.05) is 19.8 Å². The lowest BCUT2D eigenvalue weighted by atomic mass is 9.97. The lowest BCUT2D eigenvalue weighted by Crippen LogP contribution is -2.65. The smallest absolute Gasteiger partial charge is 0.220 e. The molecule has 1 amide bonds. The molecule has 12 unspecified atom stereocenters. The Morgan fingerprint density at radius 2 is 0.826 bits per heavy atom. The molecule has 0 spiro atoms. The van der Waals surface area contributed by atoms with Gasteiger partial charge >= 0.3 is 0 Å². The Morgan fingerprint density at radius 3 is 1.23 bits per heavy atom. The van der Waals surface area contributed by atoms with Gasteiger partial charge < -0.3 is 65.1 Å². The first-order valence-electron chi connectivity index (χ1n) is 28.8. The number of unbranched alkanes of at least 4 members (excludes halogenated alkanes) is 33. The molecule has 0 aromatic carbocycles. The van der Waals surface area contributed by atoms with Crippen LogP contribution in [0.15, 0.2) is 0 Å². The van der Waals surface area contributed by atoms with E-state index in [0.717, 1.165) is 51.4 Å². The standard InChI is InChI=1S/C55H107NO13/c1-3-5-7-9-11-13-15-17-19-21-22-23-24-26-28-30-32-34-36-38-44(59)43(56-47(60)39-37-35-33-31-29-27-25-20-18-16-14-12-10-8-6-4-2)42-66-54-52(65)50(63)53(46(41-58)68-54)69-55-51(64)49(62)48(61)45(40-57)67-55/h43-46,48-55,57-59,61-65H,3-42H2,1-2H3,(H,56,60). The summed E-state index contributed by atoms with van der Waals surface area (Å²) in [5, 5.41) is 87.2. The van der Waals surface area contributed by atoms with Crippen LogP contribution in [0.25, 0.3) is 0 Å². The van der Waals surface area contributed by atoms with E-state index in [1.807, 2.05) is 0 Å². The van der Waals surface area contributed by atoms with E-state index < -0.39 is 86.8 Å². The second kappa shape index (κ2) is 42.4. The molecule has 14 nitrogen and oxygen atoms in total. The number of amides is 1. The summed E-state index contributed by atoms with van der Waals surface area (Å²) in [5.74, 6) is -0.201. The molecule has 69 heavy (non-hydrogen) atoms. The van der Waals surface area contributed by atoms with E-state index in [2.05, 4.69) is 19.2 Å². The number of ether oxygens (including phenoxy) is 4. The Labute approximate surface area is 419 Å². The van der Waals surface area contributed by atoms with Crippen molar-refractivity contribution in [3.8, 4) is 0 Å². The minimum atomic E-state index is -1.78. The van der Waals surface area contributed by atoms with Gasteiger partial charge in [0, 0.05) is 6.42 Å². The first-order chi connectivity index (χ1) is 33.6. The quantitative estimate of drug-likeness (QED) is 0.0260. The highest BCUT2D eigenvalue weighted by Gasteiger charge is 2.51. The van der Waals surface area contributed by atoms with Gasteiger partial charge in [-0.25, -0.2) is 0 Å². The summed E-state index contributed by atoms with van der Waals surface area (Å²) in [6.07, 6.45) is 28.1. The van der Waals surface area contributed by atoms with Gasteiger partial charge in [0.05, 0.1) is 32.0 Å². The summed E-state index contributed by atoms with van der Waals surface area (Å²) in [5.41, 5.74) is 0. The minimum absolute atomic E-state index is 0.201.